The van der Waals surface area contributed by atoms with Crippen molar-refractivity contribution in [2.24, 2.45) is 0 Å². The molecule has 0 spiro atoms. The summed E-state index contributed by atoms with van der Waals surface area (Å²) >= 11 is 0. The highest BCUT2D eigenvalue weighted by Crippen LogP contribution is 2.36. The Labute approximate surface area is 118 Å². The number of carboxylic acid groups (broad SMARTS) is 1. The topological polar surface area (TPSA) is 78.9 Å². The Morgan fingerprint density at radius 3 is 2.75 bits per heavy atom. The number of carboxylic acids is 1. The zero-order chi connectivity index (χ0) is 14.2. The second-order valence-corrected chi connectivity index (χ2v) is 6.24. The molecule has 6 nitrogen and oxygen atoms in total. The molecule has 2 saturated carbocycles. The number of fused-ring (bicyclic) bond motifs is 1. The fourth-order valence-corrected chi connectivity index (χ4v) is 3.72. The molecule has 3 fully saturated rings. The molecule has 2 aliphatic carbocycles. The number of morpholine rings is 1. The molecule has 20 heavy (non-hydrogen) atoms. The number of aliphatic carboxylic acids is 1. The number of ether oxygens (including phenoxy) is 1. The van der Waals surface area contributed by atoms with E-state index in [9.17, 15) is 9.59 Å². The van der Waals surface area contributed by atoms with Crippen LogP contribution in [0.2, 0.25) is 0 Å². The van der Waals surface area contributed by atoms with Crippen LogP contribution in [0.5, 0.6) is 0 Å². The van der Waals surface area contributed by atoms with Crippen LogP contribution in [0.25, 0.3) is 0 Å². The van der Waals surface area contributed by atoms with E-state index in [0.29, 0.717) is 13.2 Å². The number of carbonyl (C=O) groups excluding carboxylic acids is 1. The van der Waals surface area contributed by atoms with Crippen LogP contribution in [0.3, 0.4) is 0 Å². The lowest BCUT2D eigenvalue weighted by molar-refractivity contribution is -0.139. The molecule has 0 radical (unpaired) electrons. The predicted octanol–water partition coefficient (Wildman–Crippen LogP) is 1.35. The minimum atomic E-state index is -0.842. The molecular weight excluding hydrogens is 260 g/mol. The maximum atomic E-state index is 12.5. The first-order valence-corrected chi connectivity index (χ1v) is 7.52. The van der Waals surface area contributed by atoms with Crippen molar-refractivity contribution >= 4 is 12.0 Å². The molecule has 0 aromatic heterocycles. The molecule has 2 N–H and O–H groups in total. The van der Waals surface area contributed by atoms with E-state index in [-0.39, 0.29) is 24.6 Å². The summed E-state index contributed by atoms with van der Waals surface area (Å²) in [6, 6.07) is 0.0665. The zero-order valence-electron chi connectivity index (χ0n) is 11.6. The van der Waals surface area contributed by atoms with E-state index in [0.717, 1.165) is 38.5 Å². The van der Waals surface area contributed by atoms with Gasteiger partial charge in [0.25, 0.3) is 0 Å². The fraction of sp³-hybridized carbons (Fsp3) is 0.857. The van der Waals surface area contributed by atoms with Gasteiger partial charge in [0.05, 0.1) is 30.7 Å². The summed E-state index contributed by atoms with van der Waals surface area (Å²) in [7, 11) is 0. The molecule has 3 rings (SSSR count). The predicted molar refractivity (Wildman–Crippen MR) is 71.5 cm³/mol. The maximum Gasteiger partial charge on any atom is 0.318 e. The lowest BCUT2D eigenvalue weighted by atomic mass is 9.74. The highest BCUT2D eigenvalue weighted by atomic mass is 16.5. The Balaban J connectivity index is 1.64. The smallest absolute Gasteiger partial charge is 0.318 e. The molecule has 2 unspecified atom stereocenters. The summed E-state index contributed by atoms with van der Waals surface area (Å²) in [5, 5.41) is 12.0. The van der Waals surface area contributed by atoms with Gasteiger partial charge in [0, 0.05) is 6.54 Å². The molecule has 2 amide bonds. The van der Waals surface area contributed by atoms with E-state index in [1.54, 1.807) is 0 Å². The standard InChI is InChI=1S/C14H22N2O4/c17-12(18)9-14(5-2-6-14)15-13(19)16-7-8-20-11-4-1-3-10(11)16/h10-11H,1-9H2,(H,15,19)(H,17,18). The minimum Gasteiger partial charge on any atom is -0.481 e. The molecule has 1 aliphatic heterocycles. The summed E-state index contributed by atoms with van der Waals surface area (Å²) < 4.78 is 5.70. The normalized spacial score (nSPS) is 31.3. The number of urea groups is 1. The monoisotopic (exact) mass is 282 g/mol. The number of hydrogen-bond donors (Lipinski definition) is 2. The third kappa shape index (κ3) is 2.49. The summed E-state index contributed by atoms with van der Waals surface area (Å²) in [4.78, 5) is 25.3. The molecule has 2 atom stereocenters. The number of rotatable bonds is 3. The summed E-state index contributed by atoms with van der Waals surface area (Å²) in [6.07, 6.45) is 5.83. The van der Waals surface area contributed by atoms with E-state index in [1.807, 2.05) is 4.90 Å². The number of hydrogen-bond acceptors (Lipinski definition) is 3. The van der Waals surface area contributed by atoms with Gasteiger partial charge in [-0.15, -0.1) is 0 Å². The van der Waals surface area contributed by atoms with Gasteiger partial charge >= 0.3 is 12.0 Å². The first-order valence-electron chi connectivity index (χ1n) is 7.52. The quantitative estimate of drug-likeness (QED) is 0.819. The van der Waals surface area contributed by atoms with Gasteiger partial charge in [-0.3, -0.25) is 4.79 Å². The Hall–Kier alpha value is -1.30. The highest BCUT2D eigenvalue weighted by molar-refractivity contribution is 5.77. The molecule has 112 valence electrons. The molecule has 6 heteroatoms. The molecule has 3 aliphatic rings. The summed E-state index contributed by atoms with van der Waals surface area (Å²) in [5.41, 5.74) is -0.519. The second-order valence-electron chi connectivity index (χ2n) is 6.24. The van der Waals surface area contributed by atoms with Gasteiger partial charge in [-0.05, 0) is 38.5 Å². The van der Waals surface area contributed by atoms with Gasteiger partial charge in [-0.1, -0.05) is 0 Å². The van der Waals surface area contributed by atoms with E-state index < -0.39 is 11.5 Å². The van der Waals surface area contributed by atoms with Crippen molar-refractivity contribution in [2.45, 2.75) is 62.6 Å². The van der Waals surface area contributed by atoms with Gasteiger partial charge in [0.15, 0.2) is 0 Å². The van der Waals surface area contributed by atoms with E-state index >= 15 is 0 Å². The molecular formula is C14H22N2O4. The van der Waals surface area contributed by atoms with Gasteiger partial charge in [0.1, 0.15) is 0 Å². The van der Waals surface area contributed by atoms with E-state index in [1.165, 1.54) is 0 Å². The van der Waals surface area contributed by atoms with Crippen LogP contribution < -0.4 is 5.32 Å². The van der Waals surface area contributed by atoms with Crippen molar-refractivity contribution in [3.63, 3.8) is 0 Å². The van der Waals surface area contributed by atoms with Crippen LogP contribution in [0.1, 0.15) is 44.9 Å². The maximum absolute atomic E-state index is 12.5. The fourth-order valence-electron chi connectivity index (χ4n) is 3.72. The average Bonchev–Trinajstić information content (AvgIpc) is 2.83. The largest absolute Gasteiger partial charge is 0.481 e. The lowest BCUT2D eigenvalue weighted by Crippen LogP contribution is -2.62. The first-order chi connectivity index (χ1) is 9.60. The second kappa shape index (κ2) is 5.24. The third-order valence-corrected chi connectivity index (χ3v) is 4.92. The van der Waals surface area contributed by atoms with Crippen molar-refractivity contribution in [3.8, 4) is 0 Å². The number of carbonyl (C=O) groups is 2. The van der Waals surface area contributed by atoms with Crippen molar-refractivity contribution < 1.29 is 19.4 Å². The zero-order valence-corrected chi connectivity index (χ0v) is 11.6. The van der Waals surface area contributed by atoms with Crippen LogP contribution in [-0.2, 0) is 9.53 Å². The molecule has 0 bridgehead atoms. The number of nitrogens with one attached hydrogen (secondary N) is 1. The van der Waals surface area contributed by atoms with Gasteiger partial charge in [-0.25, -0.2) is 4.79 Å². The van der Waals surface area contributed by atoms with Gasteiger partial charge in [0.2, 0.25) is 0 Å². The molecule has 1 heterocycles. The Bertz CT molecular complexity index is 408. The third-order valence-electron chi connectivity index (χ3n) is 4.92. The van der Waals surface area contributed by atoms with Gasteiger partial charge in [-0.2, -0.15) is 0 Å². The number of nitrogens with zero attached hydrogens (tertiary/aromatic N) is 1. The molecule has 0 aromatic carbocycles. The van der Waals surface area contributed by atoms with E-state index in [2.05, 4.69) is 5.32 Å². The summed E-state index contributed by atoms with van der Waals surface area (Å²) in [6.45, 7) is 1.19. The van der Waals surface area contributed by atoms with Crippen molar-refractivity contribution in [1.82, 2.24) is 10.2 Å². The van der Waals surface area contributed by atoms with Gasteiger partial charge < -0.3 is 20.1 Å². The SMILES string of the molecule is O=C(O)CC1(NC(=O)N2CCOC3CCCC32)CCC1. The van der Waals surface area contributed by atoms with Crippen LogP contribution in [0.15, 0.2) is 0 Å². The van der Waals surface area contributed by atoms with E-state index in [4.69, 9.17) is 9.84 Å². The Kier molecular flexibility index (Phi) is 3.58. The van der Waals surface area contributed by atoms with Crippen LogP contribution in [-0.4, -0.2) is 52.8 Å². The number of amides is 2. The first kappa shape index (κ1) is 13.7. The molecule has 1 saturated heterocycles. The lowest BCUT2D eigenvalue weighted by Gasteiger charge is -2.45. The Morgan fingerprint density at radius 1 is 1.30 bits per heavy atom. The highest BCUT2D eigenvalue weighted by Gasteiger charge is 2.44. The van der Waals surface area contributed by atoms with Crippen molar-refractivity contribution in [1.29, 1.82) is 0 Å². The van der Waals surface area contributed by atoms with Crippen LogP contribution in [0.4, 0.5) is 4.79 Å². The summed E-state index contributed by atoms with van der Waals surface area (Å²) in [5.74, 6) is -0.842. The Morgan fingerprint density at radius 2 is 2.10 bits per heavy atom. The minimum absolute atomic E-state index is 0.0250. The van der Waals surface area contributed by atoms with Crippen molar-refractivity contribution in [3.05, 3.63) is 0 Å². The van der Waals surface area contributed by atoms with Crippen LogP contribution >= 0.6 is 0 Å². The van der Waals surface area contributed by atoms with Crippen molar-refractivity contribution in [2.75, 3.05) is 13.2 Å². The van der Waals surface area contributed by atoms with Crippen LogP contribution in [0, 0.1) is 0 Å². The molecule has 0 aromatic rings. The average molecular weight is 282 g/mol.